The quantitative estimate of drug-likeness (QED) is 0.841. The lowest BCUT2D eigenvalue weighted by atomic mass is 9.95. The van der Waals surface area contributed by atoms with E-state index < -0.39 is 0 Å². The summed E-state index contributed by atoms with van der Waals surface area (Å²) in [5.41, 5.74) is 1.37. The second-order valence-corrected chi connectivity index (χ2v) is 6.68. The van der Waals surface area contributed by atoms with Crippen molar-refractivity contribution in [3.8, 4) is 0 Å². The molecule has 1 aliphatic heterocycles. The summed E-state index contributed by atoms with van der Waals surface area (Å²) in [7, 11) is 2.04. The highest BCUT2D eigenvalue weighted by atomic mass is 16.1. The van der Waals surface area contributed by atoms with E-state index in [4.69, 9.17) is 0 Å². The van der Waals surface area contributed by atoms with Gasteiger partial charge in [-0.15, -0.1) is 0 Å². The van der Waals surface area contributed by atoms with Crippen LogP contribution in [0.4, 0.5) is 0 Å². The smallest absolute Gasteiger partial charge is 0.271 e. The van der Waals surface area contributed by atoms with Crippen LogP contribution in [0.5, 0.6) is 0 Å². The molecule has 3 rings (SSSR count). The number of rotatable bonds is 6. The Bertz CT molecular complexity index is 676. The van der Waals surface area contributed by atoms with Crippen molar-refractivity contribution in [2.45, 2.75) is 32.7 Å². The Balaban J connectivity index is 1.42. The lowest BCUT2D eigenvalue weighted by Crippen LogP contribution is -2.37. The fourth-order valence-electron chi connectivity index (χ4n) is 3.29. The fraction of sp³-hybridized carbons (Fsp3) is 0.588. The summed E-state index contributed by atoms with van der Waals surface area (Å²) >= 11 is 0. The number of nitrogens with one attached hydrogen (secondary N) is 2. The summed E-state index contributed by atoms with van der Waals surface area (Å²) in [6.07, 6.45) is 7.29. The number of carbonyl (C=O) groups is 1. The van der Waals surface area contributed by atoms with Gasteiger partial charge < -0.3 is 9.88 Å². The molecule has 7 nitrogen and oxygen atoms in total. The average molecular weight is 330 g/mol. The zero-order chi connectivity index (χ0) is 16.9. The second kappa shape index (κ2) is 7.61. The van der Waals surface area contributed by atoms with Crippen LogP contribution in [0.15, 0.2) is 18.5 Å². The average Bonchev–Trinajstić information content (AvgIpc) is 3.17. The van der Waals surface area contributed by atoms with Gasteiger partial charge in [0, 0.05) is 38.2 Å². The minimum atomic E-state index is -0.0972. The van der Waals surface area contributed by atoms with Gasteiger partial charge in [-0.25, -0.2) is 4.98 Å². The zero-order valence-corrected chi connectivity index (χ0v) is 14.5. The Morgan fingerprint density at radius 2 is 2.38 bits per heavy atom. The maximum absolute atomic E-state index is 12.0. The lowest BCUT2D eigenvalue weighted by molar-refractivity contribution is 0.0941. The van der Waals surface area contributed by atoms with Gasteiger partial charge in [-0.1, -0.05) is 0 Å². The van der Waals surface area contributed by atoms with Crippen molar-refractivity contribution in [2.24, 2.45) is 13.0 Å². The second-order valence-electron chi connectivity index (χ2n) is 6.68. The van der Waals surface area contributed by atoms with Crippen LogP contribution in [0, 0.1) is 12.8 Å². The molecule has 1 atom stereocenters. The first-order chi connectivity index (χ1) is 11.6. The van der Waals surface area contributed by atoms with Gasteiger partial charge >= 0.3 is 0 Å². The fourth-order valence-corrected chi connectivity index (χ4v) is 3.29. The molecule has 2 aromatic heterocycles. The number of imidazole rings is 1. The van der Waals surface area contributed by atoms with E-state index in [1.54, 1.807) is 6.07 Å². The molecule has 1 aliphatic rings. The number of nitrogens with zero attached hydrogens (tertiary/aromatic N) is 4. The maximum Gasteiger partial charge on any atom is 0.271 e. The Kier molecular flexibility index (Phi) is 5.30. The normalized spacial score (nSPS) is 18.7. The molecular weight excluding hydrogens is 304 g/mol. The molecule has 24 heavy (non-hydrogen) atoms. The van der Waals surface area contributed by atoms with Crippen LogP contribution in [-0.4, -0.2) is 50.2 Å². The van der Waals surface area contributed by atoms with Gasteiger partial charge in [-0.2, -0.15) is 5.10 Å². The molecule has 7 heteroatoms. The van der Waals surface area contributed by atoms with Gasteiger partial charge in [-0.3, -0.25) is 14.8 Å². The van der Waals surface area contributed by atoms with Crippen LogP contribution in [0.3, 0.4) is 0 Å². The molecule has 130 valence electrons. The number of hydrogen-bond acceptors (Lipinski definition) is 4. The molecule has 0 spiro atoms. The van der Waals surface area contributed by atoms with Gasteiger partial charge in [0.15, 0.2) is 0 Å². The molecule has 3 heterocycles. The summed E-state index contributed by atoms with van der Waals surface area (Å²) in [5, 5.41) is 9.76. The number of carbonyl (C=O) groups excluding carboxylic acids is 1. The van der Waals surface area contributed by atoms with Gasteiger partial charge in [0.2, 0.25) is 0 Å². The topological polar surface area (TPSA) is 78.8 Å². The Hall–Kier alpha value is -2.15. The minimum Gasteiger partial charge on any atom is -0.351 e. The Morgan fingerprint density at radius 3 is 3.08 bits per heavy atom. The number of likely N-dealkylation sites (tertiary alicyclic amines) is 1. The predicted molar refractivity (Wildman–Crippen MR) is 91.5 cm³/mol. The highest BCUT2D eigenvalue weighted by Gasteiger charge is 2.21. The third kappa shape index (κ3) is 4.23. The standard InChI is InChI=1S/C17H26N6O/c1-13-10-15(21-20-13)17(24)19-6-5-14-4-3-8-23(11-14)12-16-18-7-9-22(16)2/h7,9-10,14H,3-6,8,11-12H2,1-2H3,(H,19,24)(H,20,21)/t14-/m1/s1. The molecule has 1 fully saturated rings. The van der Waals surface area contributed by atoms with E-state index in [0.29, 0.717) is 18.2 Å². The van der Waals surface area contributed by atoms with Crippen LogP contribution in [0.1, 0.15) is 41.3 Å². The number of hydrogen-bond donors (Lipinski definition) is 2. The van der Waals surface area contributed by atoms with E-state index in [0.717, 1.165) is 37.6 Å². The molecule has 0 radical (unpaired) electrons. The Labute approximate surface area is 142 Å². The van der Waals surface area contributed by atoms with Crippen molar-refractivity contribution >= 4 is 5.91 Å². The highest BCUT2D eigenvalue weighted by molar-refractivity contribution is 5.92. The lowest BCUT2D eigenvalue weighted by Gasteiger charge is -2.32. The van der Waals surface area contributed by atoms with Gasteiger partial charge in [0.05, 0.1) is 6.54 Å². The third-order valence-electron chi connectivity index (χ3n) is 4.67. The summed E-state index contributed by atoms with van der Waals surface area (Å²) in [6.45, 7) is 5.69. The summed E-state index contributed by atoms with van der Waals surface area (Å²) in [5.74, 6) is 1.64. The van der Waals surface area contributed by atoms with E-state index in [-0.39, 0.29) is 5.91 Å². The molecule has 0 bridgehead atoms. The monoisotopic (exact) mass is 330 g/mol. The zero-order valence-electron chi connectivity index (χ0n) is 14.5. The molecule has 0 aliphatic carbocycles. The Morgan fingerprint density at radius 1 is 1.50 bits per heavy atom. The van der Waals surface area contributed by atoms with Crippen molar-refractivity contribution in [3.05, 3.63) is 35.7 Å². The summed E-state index contributed by atoms with van der Waals surface area (Å²) in [6, 6.07) is 1.77. The third-order valence-corrected chi connectivity index (χ3v) is 4.67. The van der Waals surface area contributed by atoms with Crippen LogP contribution < -0.4 is 5.32 Å². The van der Waals surface area contributed by atoms with Crippen molar-refractivity contribution < 1.29 is 4.79 Å². The van der Waals surface area contributed by atoms with E-state index in [1.807, 2.05) is 26.4 Å². The summed E-state index contributed by atoms with van der Waals surface area (Å²) in [4.78, 5) is 18.9. The van der Waals surface area contributed by atoms with Crippen molar-refractivity contribution in [1.29, 1.82) is 0 Å². The van der Waals surface area contributed by atoms with Crippen LogP contribution >= 0.6 is 0 Å². The van der Waals surface area contributed by atoms with Crippen LogP contribution in [-0.2, 0) is 13.6 Å². The van der Waals surface area contributed by atoms with Gasteiger partial charge in [-0.05, 0) is 44.7 Å². The molecule has 1 amide bonds. The molecule has 2 N–H and O–H groups in total. The highest BCUT2D eigenvalue weighted by Crippen LogP contribution is 2.20. The number of piperidine rings is 1. The summed E-state index contributed by atoms with van der Waals surface area (Å²) < 4.78 is 2.08. The number of aromatic nitrogens is 4. The largest absolute Gasteiger partial charge is 0.351 e. The first-order valence-corrected chi connectivity index (χ1v) is 8.60. The number of amides is 1. The van der Waals surface area contributed by atoms with E-state index in [9.17, 15) is 4.79 Å². The molecule has 2 aromatic rings. The molecule has 0 aromatic carbocycles. The van der Waals surface area contributed by atoms with Gasteiger partial charge in [0.25, 0.3) is 5.91 Å². The van der Waals surface area contributed by atoms with E-state index in [1.165, 1.54) is 12.8 Å². The molecule has 0 saturated carbocycles. The van der Waals surface area contributed by atoms with E-state index in [2.05, 4.69) is 30.0 Å². The van der Waals surface area contributed by atoms with E-state index >= 15 is 0 Å². The first-order valence-electron chi connectivity index (χ1n) is 8.60. The van der Waals surface area contributed by atoms with Crippen molar-refractivity contribution in [3.63, 3.8) is 0 Å². The van der Waals surface area contributed by atoms with Crippen LogP contribution in [0.25, 0.3) is 0 Å². The van der Waals surface area contributed by atoms with Gasteiger partial charge in [0.1, 0.15) is 11.5 Å². The molecule has 0 unspecified atom stereocenters. The number of aryl methyl sites for hydroxylation is 2. The molecular formula is C17H26N6O. The van der Waals surface area contributed by atoms with Crippen molar-refractivity contribution in [2.75, 3.05) is 19.6 Å². The predicted octanol–water partition coefficient (Wildman–Crippen LogP) is 1.48. The number of H-pyrrole nitrogens is 1. The SMILES string of the molecule is Cc1cc(C(=O)NCC[C@H]2CCCN(Cc3nccn3C)C2)n[nH]1. The maximum atomic E-state index is 12.0. The first kappa shape index (κ1) is 16.7. The minimum absolute atomic E-state index is 0.0972. The van der Waals surface area contributed by atoms with Crippen LogP contribution in [0.2, 0.25) is 0 Å². The molecule has 1 saturated heterocycles. The number of aromatic amines is 1. The van der Waals surface area contributed by atoms with Crippen molar-refractivity contribution in [1.82, 2.24) is 30.0 Å².